The normalized spacial score (nSPS) is 23.4. The van der Waals surface area contributed by atoms with Crippen LogP contribution in [-0.4, -0.2) is 5.11 Å². The first-order valence-corrected chi connectivity index (χ1v) is 7.48. The van der Waals surface area contributed by atoms with Crippen molar-refractivity contribution in [3.8, 4) is 0 Å². The molecule has 1 nitrogen and oxygen atoms in total. The van der Waals surface area contributed by atoms with Crippen LogP contribution in [0.4, 0.5) is 0 Å². The van der Waals surface area contributed by atoms with Crippen LogP contribution in [0.3, 0.4) is 0 Å². The molecule has 0 amide bonds. The minimum Gasteiger partial charge on any atom is -0.380 e. The molecule has 0 spiro atoms. The van der Waals surface area contributed by atoms with Crippen molar-refractivity contribution in [3.63, 3.8) is 0 Å². The van der Waals surface area contributed by atoms with Gasteiger partial charge in [-0.15, -0.1) is 0 Å². The lowest BCUT2D eigenvalue weighted by molar-refractivity contribution is 0.0613. The Morgan fingerprint density at radius 1 is 1.18 bits per heavy atom. The van der Waals surface area contributed by atoms with Gasteiger partial charge in [-0.25, -0.2) is 0 Å². The fourth-order valence-corrected chi connectivity index (χ4v) is 4.36. The highest BCUT2D eigenvalue weighted by Gasteiger charge is 2.37. The number of thiophene rings is 1. The molecule has 88 valence electrons. The van der Waals surface area contributed by atoms with Gasteiger partial charge < -0.3 is 5.11 Å². The molecule has 0 fully saturated rings. The number of hydrogen-bond donors (Lipinski definition) is 1. The molecule has 0 saturated heterocycles. The molecule has 1 aliphatic carbocycles. The first-order valence-electron chi connectivity index (χ1n) is 5.75. The van der Waals surface area contributed by atoms with E-state index in [9.17, 15) is 5.11 Å². The lowest BCUT2D eigenvalue weighted by atomic mass is 9.76. The van der Waals surface area contributed by atoms with Crippen LogP contribution in [-0.2, 0) is 12.0 Å². The van der Waals surface area contributed by atoms with E-state index in [2.05, 4.69) is 28.1 Å². The third-order valence-corrected chi connectivity index (χ3v) is 5.21. The van der Waals surface area contributed by atoms with Gasteiger partial charge in [-0.3, -0.25) is 0 Å². The van der Waals surface area contributed by atoms with Gasteiger partial charge in [0.2, 0.25) is 0 Å². The van der Waals surface area contributed by atoms with E-state index in [1.165, 1.54) is 5.56 Å². The van der Waals surface area contributed by atoms with E-state index in [-0.39, 0.29) is 0 Å². The molecule has 1 atom stereocenters. The number of benzene rings is 1. The maximum Gasteiger partial charge on any atom is 0.117 e. The van der Waals surface area contributed by atoms with E-state index in [0.717, 1.165) is 34.9 Å². The quantitative estimate of drug-likeness (QED) is 0.841. The molecule has 1 heterocycles. The SMILES string of the molecule is OC1(c2cscc2Br)CCCc2ccccc21. The van der Waals surface area contributed by atoms with E-state index in [0.29, 0.717) is 0 Å². The third-order valence-electron chi connectivity index (χ3n) is 3.51. The Balaban J connectivity index is 2.19. The molecular formula is C14H13BrOS. The Morgan fingerprint density at radius 3 is 2.76 bits per heavy atom. The minimum atomic E-state index is -0.812. The summed E-state index contributed by atoms with van der Waals surface area (Å²) in [4.78, 5) is 0. The van der Waals surface area contributed by atoms with Crippen LogP contribution in [0.1, 0.15) is 29.5 Å². The molecule has 1 N–H and O–H groups in total. The predicted octanol–water partition coefficient (Wildman–Crippen LogP) is 4.08. The zero-order chi connectivity index (χ0) is 11.9. The van der Waals surface area contributed by atoms with Crippen molar-refractivity contribution in [2.45, 2.75) is 24.9 Å². The summed E-state index contributed by atoms with van der Waals surface area (Å²) in [5.41, 5.74) is 2.55. The Labute approximate surface area is 113 Å². The van der Waals surface area contributed by atoms with Crippen LogP contribution >= 0.6 is 27.3 Å². The van der Waals surface area contributed by atoms with Gasteiger partial charge in [-0.2, -0.15) is 11.3 Å². The molecule has 3 heteroatoms. The summed E-state index contributed by atoms with van der Waals surface area (Å²) in [6.45, 7) is 0. The number of hydrogen-bond acceptors (Lipinski definition) is 2. The van der Waals surface area contributed by atoms with Crippen molar-refractivity contribution in [3.05, 3.63) is 56.2 Å². The second-order valence-electron chi connectivity index (χ2n) is 4.50. The Kier molecular flexibility index (Phi) is 2.85. The zero-order valence-corrected chi connectivity index (χ0v) is 11.7. The molecule has 0 radical (unpaired) electrons. The summed E-state index contributed by atoms with van der Waals surface area (Å²) in [5, 5.41) is 15.1. The maximum atomic E-state index is 11.0. The summed E-state index contributed by atoms with van der Waals surface area (Å²) in [6.07, 6.45) is 2.91. The smallest absolute Gasteiger partial charge is 0.117 e. The van der Waals surface area contributed by atoms with Crippen LogP contribution in [0, 0.1) is 0 Å². The van der Waals surface area contributed by atoms with Crippen LogP contribution in [0.2, 0.25) is 0 Å². The summed E-state index contributed by atoms with van der Waals surface area (Å²) in [6, 6.07) is 8.24. The lowest BCUT2D eigenvalue weighted by Crippen LogP contribution is -2.31. The van der Waals surface area contributed by atoms with Crippen LogP contribution in [0.25, 0.3) is 0 Å². The monoisotopic (exact) mass is 308 g/mol. The number of aliphatic hydroxyl groups is 1. The number of fused-ring (bicyclic) bond motifs is 1. The fourth-order valence-electron chi connectivity index (χ4n) is 2.67. The molecule has 1 unspecified atom stereocenters. The average Bonchev–Trinajstić information content (AvgIpc) is 2.77. The Hall–Kier alpha value is -0.640. The van der Waals surface area contributed by atoms with Crippen molar-refractivity contribution in [2.24, 2.45) is 0 Å². The second kappa shape index (κ2) is 4.23. The Bertz CT molecular complexity index is 549. The van der Waals surface area contributed by atoms with Gasteiger partial charge in [0.25, 0.3) is 0 Å². The van der Waals surface area contributed by atoms with Gasteiger partial charge in [0.1, 0.15) is 5.60 Å². The molecule has 0 aliphatic heterocycles. The highest BCUT2D eigenvalue weighted by Crippen LogP contribution is 2.44. The van der Waals surface area contributed by atoms with Gasteiger partial charge in [0.05, 0.1) is 0 Å². The van der Waals surface area contributed by atoms with E-state index < -0.39 is 5.60 Å². The second-order valence-corrected chi connectivity index (χ2v) is 6.10. The van der Waals surface area contributed by atoms with E-state index in [4.69, 9.17) is 0 Å². The van der Waals surface area contributed by atoms with Gasteiger partial charge in [0, 0.05) is 15.4 Å². The molecule has 0 saturated carbocycles. The van der Waals surface area contributed by atoms with Crippen LogP contribution in [0.5, 0.6) is 0 Å². The van der Waals surface area contributed by atoms with Gasteiger partial charge in [0.15, 0.2) is 0 Å². The summed E-state index contributed by atoms with van der Waals surface area (Å²) >= 11 is 5.17. The standard InChI is InChI=1S/C14H13BrOS/c15-13-9-17-8-12(13)14(16)7-3-5-10-4-1-2-6-11(10)14/h1-2,4,6,8-9,16H,3,5,7H2. The van der Waals surface area contributed by atoms with E-state index in [1.807, 2.05) is 22.9 Å². The zero-order valence-electron chi connectivity index (χ0n) is 9.32. The van der Waals surface area contributed by atoms with Crippen LogP contribution in [0.15, 0.2) is 39.5 Å². The molecule has 1 aliphatic rings. The summed E-state index contributed by atoms with van der Waals surface area (Å²) in [5.74, 6) is 0. The first kappa shape index (κ1) is 11.5. The molecule has 1 aromatic heterocycles. The topological polar surface area (TPSA) is 20.2 Å². The molecular weight excluding hydrogens is 296 g/mol. The molecule has 0 bridgehead atoms. The number of halogens is 1. The molecule has 2 aromatic rings. The highest BCUT2D eigenvalue weighted by atomic mass is 79.9. The van der Waals surface area contributed by atoms with Crippen LogP contribution < -0.4 is 0 Å². The molecule has 17 heavy (non-hydrogen) atoms. The van der Waals surface area contributed by atoms with Crippen molar-refractivity contribution in [1.29, 1.82) is 0 Å². The van der Waals surface area contributed by atoms with Crippen molar-refractivity contribution in [2.75, 3.05) is 0 Å². The van der Waals surface area contributed by atoms with Crippen molar-refractivity contribution in [1.82, 2.24) is 0 Å². The van der Waals surface area contributed by atoms with Crippen molar-refractivity contribution < 1.29 is 5.11 Å². The summed E-state index contributed by atoms with van der Waals surface area (Å²) in [7, 11) is 0. The third kappa shape index (κ3) is 1.77. The average molecular weight is 309 g/mol. The largest absolute Gasteiger partial charge is 0.380 e. The van der Waals surface area contributed by atoms with E-state index in [1.54, 1.807) is 11.3 Å². The minimum absolute atomic E-state index is 0.805. The molecule has 3 rings (SSSR count). The lowest BCUT2D eigenvalue weighted by Gasteiger charge is -2.34. The van der Waals surface area contributed by atoms with Gasteiger partial charge in [-0.1, -0.05) is 24.3 Å². The van der Waals surface area contributed by atoms with Gasteiger partial charge in [-0.05, 0) is 51.7 Å². The summed E-state index contributed by atoms with van der Waals surface area (Å²) < 4.78 is 1.02. The van der Waals surface area contributed by atoms with Gasteiger partial charge >= 0.3 is 0 Å². The first-order chi connectivity index (χ1) is 8.22. The van der Waals surface area contributed by atoms with Crippen molar-refractivity contribution >= 4 is 27.3 Å². The molecule has 1 aromatic carbocycles. The highest BCUT2D eigenvalue weighted by molar-refractivity contribution is 9.10. The number of rotatable bonds is 1. The Morgan fingerprint density at radius 2 is 2.00 bits per heavy atom. The van der Waals surface area contributed by atoms with E-state index >= 15 is 0 Å². The maximum absolute atomic E-state index is 11.0. The predicted molar refractivity (Wildman–Crippen MR) is 74.4 cm³/mol. The fraction of sp³-hybridized carbons (Fsp3) is 0.286. The number of aryl methyl sites for hydroxylation is 1.